The van der Waals surface area contributed by atoms with E-state index in [1.165, 1.54) is 12.8 Å². The summed E-state index contributed by atoms with van der Waals surface area (Å²) in [5.41, 5.74) is 6.31. The Bertz CT molecular complexity index is 353. The molecule has 0 unspecified atom stereocenters. The summed E-state index contributed by atoms with van der Waals surface area (Å²) in [6.45, 7) is 1.24. The Kier molecular flexibility index (Phi) is 3.46. The Morgan fingerprint density at radius 2 is 2.31 bits per heavy atom. The Balaban J connectivity index is 1.96. The van der Waals surface area contributed by atoms with Gasteiger partial charge in [-0.3, -0.25) is 0 Å². The van der Waals surface area contributed by atoms with Crippen LogP contribution in [-0.2, 0) is 0 Å². The minimum Gasteiger partial charge on any atom is -0.476 e. The lowest BCUT2D eigenvalue weighted by Gasteiger charge is -2.09. The first-order valence-corrected chi connectivity index (χ1v) is 5.53. The Morgan fingerprint density at radius 1 is 1.50 bits per heavy atom. The van der Waals surface area contributed by atoms with Crippen molar-refractivity contribution in [2.24, 2.45) is 5.92 Å². The van der Waals surface area contributed by atoms with Gasteiger partial charge in [0.1, 0.15) is 5.82 Å². The quantitative estimate of drug-likeness (QED) is 0.666. The molecule has 1 heterocycles. The fourth-order valence-corrected chi connectivity index (χ4v) is 1.33. The SMILES string of the molecule is Nc1ccc(NCCO)nc1OCC1CC1. The third-order valence-electron chi connectivity index (χ3n) is 2.46. The van der Waals surface area contributed by atoms with Gasteiger partial charge in [0.05, 0.1) is 18.9 Å². The van der Waals surface area contributed by atoms with Crippen LogP contribution in [0.2, 0.25) is 0 Å². The first-order valence-electron chi connectivity index (χ1n) is 5.53. The van der Waals surface area contributed by atoms with Crippen molar-refractivity contribution in [1.82, 2.24) is 4.98 Å². The van der Waals surface area contributed by atoms with Crippen LogP contribution in [0, 0.1) is 5.92 Å². The molecule has 1 aliphatic rings. The molecule has 4 N–H and O–H groups in total. The van der Waals surface area contributed by atoms with Crippen LogP contribution in [-0.4, -0.2) is 29.8 Å². The minimum atomic E-state index is 0.0737. The molecule has 0 spiro atoms. The summed E-state index contributed by atoms with van der Waals surface area (Å²) in [5.74, 6) is 1.83. The van der Waals surface area contributed by atoms with Crippen LogP contribution in [0.15, 0.2) is 12.1 Å². The van der Waals surface area contributed by atoms with Crippen molar-refractivity contribution in [2.45, 2.75) is 12.8 Å². The van der Waals surface area contributed by atoms with Gasteiger partial charge >= 0.3 is 0 Å². The molecule has 0 aliphatic heterocycles. The number of nitrogen functional groups attached to an aromatic ring is 1. The highest BCUT2D eigenvalue weighted by atomic mass is 16.5. The maximum Gasteiger partial charge on any atom is 0.239 e. The molecule has 5 nitrogen and oxygen atoms in total. The van der Waals surface area contributed by atoms with Crippen LogP contribution in [0.3, 0.4) is 0 Å². The first-order chi connectivity index (χ1) is 7.79. The van der Waals surface area contributed by atoms with Gasteiger partial charge in [-0.15, -0.1) is 0 Å². The number of hydrogen-bond acceptors (Lipinski definition) is 5. The van der Waals surface area contributed by atoms with Crippen LogP contribution in [0.25, 0.3) is 0 Å². The molecule has 0 atom stereocenters. The second-order valence-corrected chi connectivity index (χ2v) is 4.00. The Morgan fingerprint density at radius 3 is 3.00 bits per heavy atom. The van der Waals surface area contributed by atoms with Crippen molar-refractivity contribution in [2.75, 3.05) is 30.8 Å². The fourth-order valence-electron chi connectivity index (χ4n) is 1.33. The predicted octanol–water partition coefficient (Wildman–Crippen LogP) is 0.857. The van der Waals surface area contributed by atoms with E-state index in [0.29, 0.717) is 36.5 Å². The number of ether oxygens (including phenoxy) is 1. The summed E-state index contributed by atoms with van der Waals surface area (Å²) < 4.78 is 5.54. The monoisotopic (exact) mass is 223 g/mol. The summed E-state index contributed by atoms with van der Waals surface area (Å²) >= 11 is 0. The molecular weight excluding hydrogens is 206 g/mol. The number of anilines is 2. The second kappa shape index (κ2) is 5.03. The number of aliphatic hydroxyl groups is 1. The van der Waals surface area contributed by atoms with E-state index in [4.69, 9.17) is 15.6 Å². The number of nitrogens with one attached hydrogen (secondary N) is 1. The molecule has 1 aliphatic carbocycles. The van der Waals surface area contributed by atoms with Gasteiger partial charge in [-0.25, -0.2) is 0 Å². The maximum atomic E-state index is 8.69. The third-order valence-corrected chi connectivity index (χ3v) is 2.46. The number of aliphatic hydroxyl groups excluding tert-OH is 1. The third kappa shape index (κ3) is 3.00. The summed E-state index contributed by atoms with van der Waals surface area (Å²) in [4.78, 5) is 4.24. The van der Waals surface area contributed by atoms with Crippen molar-refractivity contribution < 1.29 is 9.84 Å². The molecule has 1 aromatic heterocycles. The van der Waals surface area contributed by atoms with Gasteiger partial charge in [-0.1, -0.05) is 0 Å². The second-order valence-electron chi connectivity index (χ2n) is 4.00. The van der Waals surface area contributed by atoms with Gasteiger partial charge in [0.15, 0.2) is 0 Å². The first kappa shape index (κ1) is 11.0. The van der Waals surface area contributed by atoms with Crippen LogP contribution < -0.4 is 15.8 Å². The van der Waals surface area contributed by atoms with Crippen molar-refractivity contribution in [3.05, 3.63) is 12.1 Å². The molecule has 16 heavy (non-hydrogen) atoms. The summed E-state index contributed by atoms with van der Waals surface area (Å²) in [6, 6.07) is 3.53. The highest BCUT2D eigenvalue weighted by Crippen LogP contribution is 2.30. The van der Waals surface area contributed by atoms with E-state index < -0.39 is 0 Å². The van der Waals surface area contributed by atoms with Crippen molar-refractivity contribution in [3.63, 3.8) is 0 Å². The molecule has 0 radical (unpaired) electrons. The summed E-state index contributed by atoms with van der Waals surface area (Å²) in [7, 11) is 0. The number of rotatable bonds is 6. The normalized spacial score (nSPS) is 14.8. The van der Waals surface area contributed by atoms with Crippen molar-refractivity contribution >= 4 is 11.5 Å². The van der Waals surface area contributed by atoms with Gasteiger partial charge in [-0.2, -0.15) is 4.98 Å². The van der Waals surface area contributed by atoms with E-state index >= 15 is 0 Å². The zero-order valence-corrected chi connectivity index (χ0v) is 9.15. The molecule has 5 heteroatoms. The largest absolute Gasteiger partial charge is 0.476 e. The van der Waals surface area contributed by atoms with Gasteiger partial charge in [0.25, 0.3) is 0 Å². The fraction of sp³-hybridized carbons (Fsp3) is 0.545. The maximum absolute atomic E-state index is 8.69. The van der Waals surface area contributed by atoms with Crippen LogP contribution >= 0.6 is 0 Å². The molecule has 1 aromatic rings. The van der Waals surface area contributed by atoms with E-state index in [1.54, 1.807) is 12.1 Å². The Hall–Kier alpha value is -1.49. The average Bonchev–Trinajstić information content (AvgIpc) is 3.10. The lowest BCUT2D eigenvalue weighted by molar-refractivity contribution is 0.290. The van der Waals surface area contributed by atoms with E-state index in [2.05, 4.69) is 10.3 Å². The average molecular weight is 223 g/mol. The lowest BCUT2D eigenvalue weighted by atomic mass is 10.4. The van der Waals surface area contributed by atoms with Crippen LogP contribution in [0.5, 0.6) is 5.88 Å². The molecule has 0 bridgehead atoms. The number of aromatic nitrogens is 1. The molecular formula is C11H17N3O2. The van der Waals surface area contributed by atoms with E-state index in [-0.39, 0.29) is 6.61 Å². The molecule has 1 fully saturated rings. The topological polar surface area (TPSA) is 80.4 Å². The van der Waals surface area contributed by atoms with Gasteiger partial charge in [0.2, 0.25) is 5.88 Å². The van der Waals surface area contributed by atoms with Gasteiger partial charge in [-0.05, 0) is 30.9 Å². The molecule has 1 saturated carbocycles. The summed E-state index contributed by atoms with van der Waals surface area (Å²) in [6.07, 6.45) is 2.48. The molecule has 0 amide bonds. The minimum absolute atomic E-state index is 0.0737. The van der Waals surface area contributed by atoms with Gasteiger partial charge in [0, 0.05) is 6.54 Å². The molecule has 2 rings (SSSR count). The zero-order chi connectivity index (χ0) is 11.4. The van der Waals surface area contributed by atoms with Crippen LogP contribution in [0.4, 0.5) is 11.5 Å². The number of pyridine rings is 1. The van der Waals surface area contributed by atoms with Crippen molar-refractivity contribution in [3.8, 4) is 5.88 Å². The predicted molar refractivity (Wildman–Crippen MR) is 62.4 cm³/mol. The molecule has 0 aromatic carbocycles. The number of hydrogen-bond donors (Lipinski definition) is 3. The standard InChI is InChI=1S/C11H17N3O2/c12-9-3-4-10(13-5-6-15)14-11(9)16-7-8-1-2-8/h3-4,8,15H,1-2,5-7,12H2,(H,13,14). The number of nitrogens with zero attached hydrogens (tertiary/aromatic N) is 1. The van der Waals surface area contributed by atoms with E-state index in [0.717, 1.165) is 0 Å². The Labute approximate surface area is 94.6 Å². The molecule has 88 valence electrons. The number of nitrogens with two attached hydrogens (primary N) is 1. The van der Waals surface area contributed by atoms with Crippen molar-refractivity contribution in [1.29, 1.82) is 0 Å². The summed E-state index contributed by atoms with van der Waals surface area (Å²) in [5, 5.41) is 11.7. The van der Waals surface area contributed by atoms with Gasteiger partial charge < -0.3 is 20.9 Å². The molecule has 0 saturated heterocycles. The zero-order valence-electron chi connectivity index (χ0n) is 9.15. The van der Waals surface area contributed by atoms with E-state index in [1.807, 2.05) is 0 Å². The smallest absolute Gasteiger partial charge is 0.239 e. The van der Waals surface area contributed by atoms with E-state index in [9.17, 15) is 0 Å². The van der Waals surface area contributed by atoms with Crippen LogP contribution in [0.1, 0.15) is 12.8 Å². The highest BCUT2D eigenvalue weighted by molar-refractivity contribution is 5.53. The lowest BCUT2D eigenvalue weighted by Crippen LogP contribution is -2.09. The highest BCUT2D eigenvalue weighted by Gasteiger charge is 2.22.